The van der Waals surface area contributed by atoms with Gasteiger partial charge in [-0.15, -0.1) is 6.58 Å². The molecule has 0 radical (unpaired) electrons. The maximum atomic E-state index is 6.23. The fourth-order valence-electron chi connectivity index (χ4n) is 2.03. The highest BCUT2D eigenvalue weighted by Gasteiger charge is 2.16. The third-order valence-corrected chi connectivity index (χ3v) is 3.26. The van der Waals surface area contributed by atoms with Gasteiger partial charge in [-0.2, -0.15) is 0 Å². The van der Waals surface area contributed by atoms with E-state index in [1.54, 1.807) is 0 Å². The van der Waals surface area contributed by atoms with Crippen molar-refractivity contribution in [2.24, 2.45) is 11.8 Å². The Kier molecular flexibility index (Phi) is 7.38. The molecular weight excluding hydrogens is 246 g/mol. The molecule has 0 bridgehead atoms. The number of allylic oxidation sites excluding steroid dienone is 1. The molecule has 1 aromatic rings. The van der Waals surface area contributed by atoms with Gasteiger partial charge in [0.25, 0.3) is 0 Å². The summed E-state index contributed by atoms with van der Waals surface area (Å²) in [5.41, 5.74) is 1.21. The Bertz CT molecular complexity index is 398. The molecule has 20 heavy (non-hydrogen) atoms. The highest BCUT2D eigenvalue weighted by molar-refractivity contribution is 5.34. The number of rotatable bonds is 9. The summed E-state index contributed by atoms with van der Waals surface area (Å²) in [6.07, 6.45) is 2.96. The van der Waals surface area contributed by atoms with Crippen LogP contribution in [0, 0.1) is 11.8 Å². The molecule has 0 saturated heterocycles. The Hall–Kier alpha value is -1.28. The molecule has 1 N–H and O–H groups in total. The van der Waals surface area contributed by atoms with E-state index in [0.717, 1.165) is 25.3 Å². The van der Waals surface area contributed by atoms with Gasteiger partial charge in [0.1, 0.15) is 11.9 Å². The molecule has 0 aliphatic carbocycles. The van der Waals surface area contributed by atoms with Crippen molar-refractivity contribution >= 4 is 0 Å². The molecular formula is C18H29NO. The third kappa shape index (κ3) is 5.79. The molecule has 0 heterocycles. The number of benzene rings is 1. The van der Waals surface area contributed by atoms with Crippen LogP contribution in [0.1, 0.15) is 33.3 Å². The van der Waals surface area contributed by atoms with Crippen molar-refractivity contribution in [3.63, 3.8) is 0 Å². The number of ether oxygens (including phenoxy) is 1. The summed E-state index contributed by atoms with van der Waals surface area (Å²) in [6.45, 7) is 14.6. The van der Waals surface area contributed by atoms with E-state index in [1.165, 1.54) is 5.56 Å². The molecule has 0 aliphatic heterocycles. The van der Waals surface area contributed by atoms with Gasteiger partial charge in [0.2, 0.25) is 0 Å². The maximum Gasteiger partial charge on any atom is 0.123 e. The Balaban J connectivity index is 2.67. The minimum atomic E-state index is 0.194. The topological polar surface area (TPSA) is 21.3 Å². The van der Waals surface area contributed by atoms with Gasteiger partial charge in [-0.05, 0) is 36.4 Å². The van der Waals surface area contributed by atoms with Gasteiger partial charge in [0, 0.05) is 6.54 Å². The van der Waals surface area contributed by atoms with Crippen LogP contribution in [0.15, 0.2) is 36.9 Å². The summed E-state index contributed by atoms with van der Waals surface area (Å²) in [7, 11) is 0. The lowest BCUT2D eigenvalue weighted by Crippen LogP contribution is -2.37. The second-order valence-corrected chi connectivity index (χ2v) is 6.05. The zero-order valence-corrected chi connectivity index (χ0v) is 13.4. The molecule has 112 valence electrons. The first kappa shape index (κ1) is 16.8. The molecule has 1 atom stereocenters. The Morgan fingerprint density at radius 2 is 1.85 bits per heavy atom. The number of para-hydroxylation sites is 1. The average Bonchev–Trinajstić information content (AvgIpc) is 2.39. The van der Waals surface area contributed by atoms with Gasteiger partial charge >= 0.3 is 0 Å². The largest absolute Gasteiger partial charge is 0.489 e. The fraction of sp³-hybridized carbons (Fsp3) is 0.556. The van der Waals surface area contributed by atoms with Crippen LogP contribution in [0.25, 0.3) is 0 Å². The van der Waals surface area contributed by atoms with Crippen molar-refractivity contribution in [3.8, 4) is 5.75 Å². The van der Waals surface area contributed by atoms with Crippen molar-refractivity contribution in [3.05, 3.63) is 42.5 Å². The average molecular weight is 275 g/mol. The van der Waals surface area contributed by atoms with Gasteiger partial charge in [-0.25, -0.2) is 0 Å². The quantitative estimate of drug-likeness (QED) is 0.686. The molecule has 0 saturated carbocycles. The number of nitrogens with one attached hydrogen (secondary N) is 1. The van der Waals surface area contributed by atoms with Crippen LogP contribution in [0.4, 0.5) is 0 Å². The van der Waals surface area contributed by atoms with Gasteiger partial charge in [0.05, 0.1) is 0 Å². The van der Waals surface area contributed by atoms with Crippen molar-refractivity contribution in [2.75, 3.05) is 13.1 Å². The molecule has 0 spiro atoms. The summed E-state index contributed by atoms with van der Waals surface area (Å²) in [5.74, 6) is 2.12. The minimum Gasteiger partial charge on any atom is -0.489 e. The number of hydrogen-bond acceptors (Lipinski definition) is 2. The lowest BCUT2D eigenvalue weighted by atomic mass is 10.1. The molecule has 0 amide bonds. The first-order valence-corrected chi connectivity index (χ1v) is 7.60. The van der Waals surface area contributed by atoms with E-state index < -0.39 is 0 Å². The molecule has 2 heteroatoms. The molecule has 0 fully saturated rings. The lowest BCUT2D eigenvalue weighted by molar-refractivity contribution is 0.146. The standard InChI is InChI=1S/C18H29NO/c1-6-9-16-10-7-8-11-17(16)20-18(15(4)5)13-19-12-14(2)3/h6-8,10-11,14-15,18-19H,1,9,12-13H2,2-5H3. The first-order valence-electron chi connectivity index (χ1n) is 7.60. The van der Waals surface area contributed by atoms with E-state index in [4.69, 9.17) is 4.74 Å². The molecule has 0 aromatic heterocycles. The van der Waals surface area contributed by atoms with E-state index in [2.05, 4.69) is 51.7 Å². The minimum absolute atomic E-state index is 0.194. The summed E-state index contributed by atoms with van der Waals surface area (Å²) in [4.78, 5) is 0. The van der Waals surface area contributed by atoms with Crippen molar-refractivity contribution in [2.45, 2.75) is 40.2 Å². The van der Waals surface area contributed by atoms with Crippen LogP contribution in [-0.4, -0.2) is 19.2 Å². The monoisotopic (exact) mass is 275 g/mol. The third-order valence-electron chi connectivity index (χ3n) is 3.26. The van der Waals surface area contributed by atoms with Gasteiger partial charge < -0.3 is 10.1 Å². The van der Waals surface area contributed by atoms with Crippen molar-refractivity contribution < 1.29 is 4.74 Å². The van der Waals surface area contributed by atoms with Crippen LogP contribution in [-0.2, 0) is 6.42 Å². The number of hydrogen-bond donors (Lipinski definition) is 1. The van der Waals surface area contributed by atoms with Crippen molar-refractivity contribution in [1.29, 1.82) is 0 Å². The SMILES string of the molecule is C=CCc1ccccc1OC(CNCC(C)C)C(C)C. The van der Waals surface area contributed by atoms with Crippen LogP contribution in [0.5, 0.6) is 5.75 Å². The second kappa shape index (κ2) is 8.80. The Morgan fingerprint density at radius 1 is 1.15 bits per heavy atom. The Morgan fingerprint density at radius 3 is 2.45 bits per heavy atom. The first-order chi connectivity index (χ1) is 9.54. The van der Waals surface area contributed by atoms with E-state index >= 15 is 0 Å². The van der Waals surface area contributed by atoms with Gasteiger partial charge in [-0.3, -0.25) is 0 Å². The summed E-state index contributed by atoms with van der Waals surface area (Å²) in [5, 5.41) is 3.49. The smallest absolute Gasteiger partial charge is 0.123 e. The molecule has 0 aliphatic rings. The molecule has 1 unspecified atom stereocenters. The lowest BCUT2D eigenvalue weighted by Gasteiger charge is -2.25. The second-order valence-electron chi connectivity index (χ2n) is 6.05. The molecule has 1 aromatic carbocycles. The van der Waals surface area contributed by atoms with E-state index in [-0.39, 0.29) is 6.10 Å². The molecule has 1 rings (SSSR count). The zero-order valence-electron chi connectivity index (χ0n) is 13.4. The normalized spacial score (nSPS) is 12.7. The van der Waals surface area contributed by atoms with Crippen LogP contribution in [0.2, 0.25) is 0 Å². The van der Waals surface area contributed by atoms with Crippen LogP contribution < -0.4 is 10.1 Å². The fourth-order valence-corrected chi connectivity index (χ4v) is 2.03. The van der Waals surface area contributed by atoms with Crippen molar-refractivity contribution in [1.82, 2.24) is 5.32 Å². The van der Waals surface area contributed by atoms with Gasteiger partial charge in [-0.1, -0.05) is 52.0 Å². The summed E-state index contributed by atoms with van der Waals surface area (Å²) >= 11 is 0. The van der Waals surface area contributed by atoms with E-state index in [9.17, 15) is 0 Å². The van der Waals surface area contributed by atoms with Crippen LogP contribution >= 0.6 is 0 Å². The predicted molar refractivity (Wildman–Crippen MR) is 87.3 cm³/mol. The Labute approximate surface area is 124 Å². The van der Waals surface area contributed by atoms with E-state index in [1.807, 2.05) is 18.2 Å². The van der Waals surface area contributed by atoms with Crippen LogP contribution in [0.3, 0.4) is 0 Å². The maximum absolute atomic E-state index is 6.23. The van der Waals surface area contributed by atoms with Gasteiger partial charge in [0.15, 0.2) is 0 Å². The summed E-state index contributed by atoms with van der Waals surface area (Å²) < 4.78 is 6.23. The highest BCUT2D eigenvalue weighted by atomic mass is 16.5. The zero-order chi connectivity index (χ0) is 15.0. The van der Waals surface area contributed by atoms with E-state index in [0.29, 0.717) is 11.8 Å². The predicted octanol–water partition coefficient (Wildman–Crippen LogP) is 4.06. The summed E-state index contributed by atoms with van der Waals surface area (Å²) in [6, 6.07) is 8.24. The highest BCUT2D eigenvalue weighted by Crippen LogP contribution is 2.22. The molecule has 2 nitrogen and oxygen atoms in total.